The second-order valence-electron chi connectivity index (χ2n) is 4.60. The van der Waals surface area contributed by atoms with Gasteiger partial charge in [-0.2, -0.15) is 4.99 Å². The first-order valence-corrected chi connectivity index (χ1v) is 6.29. The van der Waals surface area contributed by atoms with Crippen LogP contribution < -0.4 is 21.3 Å². The summed E-state index contributed by atoms with van der Waals surface area (Å²) in [6.45, 7) is 0. The van der Waals surface area contributed by atoms with Gasteiger partial charge in [0, 0.05) is 18.6 Å². The maximum atomic E-state index is 11.3. The molecule has 1 aromatic carbocycles. The summed E-state index contributed by atoms with van der Waals surface area (Å²) in [6.07, 6.45) is 1.85. The van der Waals surface area contributed by atoms with Crippen LogP contribution in [0.4, 0.5) is 11.4 Å². The summed E-state index contributed by atoms with van der Waals surface area (Å²) >= 11 is 0. The van der Waals surface area contributed by atoms with Gasteiger partial charge in [0.15, 0.2) is 5.49 Å². The summed E-state index contributed by atoms with van der Waals surface area (Å²) < 4.78 is 5.20. The lowest BCUT2D eigenvalue weighted by atomic mass is 10.1. The highest BCUT2D eigenvalue weighted by molar-refractivity contribution is 5.85. The average Bonchev–Trinajstić information content (AvgIpc) is 2.89. The largest absolute Gasteiger partial charge is 0.496 e. The van der Waals surface area contributed by atoms with Crippen LogP contribution in [0.15, 0.2) is 17.1 Å². The van der Waals surface area contributed by atoms with Gasteiger partial charge >= 0.3 is 0 Å². The molecule has 0 fully saturated rings. The number of hydrogen-bond acceptors (Lipinski definition) is 6. The van der Waals surface area contributed by atoms with E-state index in [1.807, 2.05) is 0 Å². The first-order valence-electron chi connectivity index (χ1n) is 6.29. The Morgan fingerprint density at radius 2 is 2.17 bits per heavy atom. The number of anilines is 1. The minimum absolute atomic E-state index is 0. The topological polar surface area (TPSA) is 136 Å². The third-order valence-electron chi connectivity index (χ3n) is 3.22. The number of ether oxygens (including phenoxy) is 1. The first kappa shape index (κ1) is 16.4. The number of carbonyl (C=O) groups is 1. The van der Waals surface area contributed by atoms with Gasteiger partial charge in [0.2, 0.25) is 0 Å². The van der Waals surface area contributed by atoms with Crippen molar-refractivity contribution in [1.29, 1.82) is 0 Å². The Balaban J connectivity index is 0.00000192. The summed E-state index contributed by atoms with van der Waals surface area (Å²) in [6, 6.07) is 2.64. The van der Waals surface area contributed by atoms with Gasteiger partial charge in [-0.05, 0) is 6.08 Å². The van der Waals surface area contributed by atoms with E-state index in [1.54, 1.807) is 6.08 Å². The SMILES string of the molecule is COc1cc(N)c([N+](=O)[O-])cc1-c1nc2c([nH]1)=CCC(=O)N=2.Cl. The number of nitrogens with zero attached hydrogens (tertiary/aromatic N) is 3. The Labute approximate surface area is 135 Å². The number of aromatic nitrogens is 2. The lowest BCUT2D eigenvalue weighted by molar-refractivity contribution is -0.383. The third-order valence-corrected chi connectivity index (χ3v) is 3.22. The third kappa shape index (κ3) is 2.86. The number of nitrogen functional groups attached to an aromatic ring is 1. The molecule has 0 saturated carbocycles. The fourth-order valence-electron chi connectivity index (χ4n) is 2.18. The van der Waals surface area contributed by atoms with Crippen LogP contribution >= 0.6 is 12.4 Å². The lowest BCUT2D eigenvalue weighted by Gasteiger charge is -2.07. The smallest absolute Gasteiger partial charge is 0.293 e. The molecule has 3 rings (SSSR count). The van der Waals surface area contributed by atoms with Gasteiger partial charge in [-0.25, -0.2) is 4.98 Å². The molecule has 120 valence electrons. The number of amides is 1. The molecule has 0 bridgehead atoms. The number of benzene rings is 1. The van der Waals surface area contributed by atoms with E-state index in [4.69, 9.17) is 10.5 Å². The van der Waals surface area contributed by atoms with Crippen LogP contribution in [0.3, 0.4) is 0 Å². The number of H-pyrrole nitrogens is 1. The maximum absolute atomic E-state index is 11.3. The Morgan fingerprint density at radius 1 is 1.43 bits per heavy atom. The van der Waals surface area contributed by atoms with Crippen molar-refractivity contribution in [2.75, 3.05) is 12.8 Å². The molecule has 10 heteroatoms. The minimum atomic E-state index is -0.582. The van der Waals surface area contributed by atoms with Crippen LogP contribution in [0, 0.1) is 10.1 Å². The van der Waals surface area contributed by atoms with Gasteiger partial charge in [0.05, 0.1) is 22.9 Å². The molecule has 2 aromatic rings. The van der Waals surface area contributed by atoms with E-state index in [1.165, 1.54) is 19.2 Å². The van der Waals surface area contributed by atoms with Crippen molar-refractivity contribution >= 4 is 35.8 Å². The highest BCUT2D eigenvalue weighted by Gasteiger charge is 2.20. The Bertz CT molecular complexity index is 921. The number of methoxy groups -OCH3 is 1. The van der Waals surface area contributed by atoms with Crippen LogP contribution in [0.5, 0.6) is 5.75 Å². The molecule has 3 N–H and O–H groups in total. The molecule has 0 saturated heterocycles. The fourth-order valence-corrected chi connectivity index (χ4v) is 2.18. The predicted molar refractivity (Wildman–Crippen MR) is 83.8 cm³/mol. The van der Waals surface area contributed by atoms with Gasteiger partial charge in [0.25, 0.3) is 11.6 Å². The van der Waals surface area contributed by atoms with Crippen molar-refractivity contribution in [3.05, 3.63) is 33.1 Å². The molecule has 0 radical (unpaired) electrons. The molecule has 1 aliphatic rings. The average molecular weight is 338 g/mol. The van der Waals surface area contributed by atoms with Crippen molar-refractivity contribution in [2.24, 2.45) is 4.99 Å². The van der Waals surface area contributed by atoms with E-state index in [-0.39, 0.29) is 41.6 Å². The van der Waals surface area contributed by atoms with Crippen molar-refractivity contribution in [3.8, 4) is 17.1 Å². The number of hydrogen-bond donors (Lipinski definition) is 2. The van der Waals surface area contributed by atoms with Crippen molar-refractivity contribution in [1.82, 2.24) is 9.97 Å². The number of nitrogens with one attached hydrogen (secondary N) is 1. The molecule has 0 atom stereocenters. The molecule has 0 spiro atoms. The summed E-state index contributed by atoms with van der Waals surface area (Å²) in [5.74, 6) is 0.362. The highest BCUT2D eigenvalue weighted by atomic mass is 35.5. The maximum Gasteiger partial charge on any atom is 0.293 e. The highest BCUT2D eigenvalue weighted by Crippen LogP contribution is 2.35. The molecular formula is C13H12ClN5O4. The standard InChI is InChI=1S/C13H11N5O4.ClH/c1-22-10-5-7(14)9(18(20)21)4-6(10)12-15-8-2-3-11(19)16-13(8)17-12;/h2,4-5H,3,14H2,1H3,(H,15,16,17,19);1H. The Morgan fingerprint density at radius 3 is 2.83 bits per heavy atom. The van der Waals surface area contributed by atoms with Gasteiger partial charge in [-0.3, -0.25) is 14.9 Å². The monoisotopic (exact) mass is 337 g/mol. The summed E-state index contributed by atoms with van der Waals surface area (Å²) in [5, 5.41) is 11.6. The number of fused-ring (bicyclic) bond motifs is 1. The summed E-state index contributed by atoms with van der Waals surface area (Å²) in [5.41, 5.74) is 6.01. The van der Waals surface area contributed by atoms with E-state index < -0.39 is 4.92 Å². The van der Waals surface area contributed by atoms with Crippen molar-refractivity contribution < 1.29 is 14.5 Å². The number of nitro benzene ring substituents is 1. The van der Waals surface area contributed by atoms with E-state index in [0.717, 1.165) is 0 Å². The van der Waals surface area contributed by atoms with E-state index in [0.29, 0.717) is 22.5 Å². The van der Waals surface area contributed by atoms with Crippen LogP contribution in [-0.4, -0.2) is 27.9 Å². The quantitative estimate of drug-likeness (QED) is 0.470. The second kappa shape index (κ2) is 6.05. The molecule has 1 amide bonds. The lowest BCUT2D eigenvalue weighted by Crippen LogP contribution is -2.29. The molecule has 1 aromatic heterocycles. The van der Waals surface area contributed by atoms with Gasteiger partial charge in [-0.15, -0.1) is 12.4 Å². The number of nitro groups is 1. The zero-order valence-corrected chi connectivity index (χ0v) is 12.7. The Kier molecular flexibility index (Phi) is 4.32. The number of nitrogens with two attached hydrogens (primary N) is 1. The molecular weight excluding hydrogens is 326 g/mol. The molecule has 0 unspecified atom stereocenters. The molecule has 23 heavy (non-hydrogen) atoms. The first-order chi connectivity index (χ1) is 10.5. The molecule has 1 aliphatic heterocycles. The summed E-state index contributed by atoms with van der Waals surface area (Å²) in [4.78, 5) is 32.7. The molecule has 2 heterocycles. The summed E-state index contributed by atoms with van der Waals surface area (Å²) in [7, 11) is 1.42. The van der Waals surface area contributed by atoms with Gasteiger partial charge in [-0.1, -0.05) is 0 Å². The number of rotatable bonds is 3. The molecule has 9 nitrogen and oxygen atoms in total. The fraction of sp³-hybridized carbons (Fsp3) is 0.154. The number of aromatic amines is 1. The van der Waals surface area contributed by atoms with Gasteiger partial charge < -0.3 is 15.5 Å². The van der Waals surface area contributed by atoms with Crippen molar-refractivity contribution in [2.45, 2.75) is 6.42 Å². The van der Waals surface area contributed by atoms with Crippen LogP contribution in [0.2, 0.25) is 0 Å². The number of imidazole rings is 1. The van der Waals surface area contributed by atoms with E-state index >= 15 is 0 Å². The Hall–Kier alpha value is -2.94. The van der Waals surface area contributed by atoms with Gasteiger partial charge in [0.1, 0.15) is 17.3 Å². The van der Waals surface area contributed by atoms with Crippen molar-refractivity contribution in [3.63, 3.8) is 0 Å². The second-order valence-corrected chi connectivity index (χ2v) is 4.60. The predicted octanol–water partition coefficient (Wildman–Crippen LogP) is 0.328. The van der Waals surface area contributed by atoms with Crippen LogP contribution in [0.25, 0.3) is 17.5 Å². The zero-order valence-electron chi connectivity index (χ0n) is 11.9. The minimum Gasteiger partial charge on any atom is -0.496 e. The molecule has 0 aliphatic carbocycles. The van der Waals surface area contributed by atoms with E-state index in [9.17, 15) is 14.9 Å². The number of halogens is 1. The zero-order chi connectivity index (χ0) is 15.9. The number of carbonyl (C=O) groups excluding carboxylic acids is 1. The van der Waals surface area contributed by atoms with E-state index in [2.05, 4.69) is 15.0 Å². The van der Waals surface area contributed by atoms with Crippen LogP contribution in [-0.2, 0) is 4.79 Å². The normalized spacial score (nSPS) is 12.5. The van der Waals surface area contributed by atoms with Crippen LogP contribution in [0.1, 0.15) is 6.42 Å².